The van der Waals surface area contributed by atoms with Crippen LogP contribution in [0.1, 0.15) is 48.8 Å². The Morgan fingerprint density at radius 3 is 2.52 bits per heavy atom. The molecule has 0 saturated carbocycles. The highest BCUT2D eigenvalue weighted by Gasteiger charge is 2.26. The van der Waals surface area contributed by atoms with Crippen molar-refractivity contribution < 1.29 is 28.3 Å². The van der Waals surface area contributed by atoms with Crippen molar-refractivity contribution in [2.24, 2.45) is 5.73 Å². The standard InChI is InChI=1S/C21H19IN2O6S/c1-3-28-21(27)16-11(2)17(18(23)25)31-20(16)24-19(26)15-9-8-14(30-15)10-29-13-6-4-12(22)5-7-13/h4-9H,3,10H2,1-2H3,(H2,23,25)(H,24,26). The summed E-state index contributed by atoms with van der Waals surface area (Å²) in [5.41, 5.74) is 5.84. The second-order valence-corrected chi connectivity index (χ2v) is 8.57. The van der Waals surface area contributed by atoms with Gasteiger partial charge >= 0.3 is 5.97 Å². The summed E-state index contributed by atoms with van der Waals surface area (Å²) in [5.74, 6) is -0.762. The van der Waals surface area contributed by atoms with E-state index < -0.39 is 17.8 Å². The topological polar surface area (TPSA) is 121 Å². The van der Waals surface area contributed by atoms with Crippen LogP contribution in [0.25, 0.3) is 0 Å². The number of primary amides is 1. The molecule has 0 aliphatic heterocycles. The van der Waals surface area contributed by atoms with Gasteiger partial charge in [0.25, 0.3) is 11.8 Å². The number of nitrogens with two attached hydrogens (primary N) is 1. The van der Waals surface area contributed by atoms with Crippen LogP contribution in [0.5, 0.6) is 5.75 Å². The Kier molecular flexibility index (Phi) is 7.33. The van der Waals surface area contributed by atoms with E-state index in [-0.39, 0.29) is 34.4 Å². The van der Waals surface area contributed by atoms with E-state index in [0.717, 1.165) is 14.9 Å². The number of rotatable bonds is 8. The third-order valence-corrected chi connectivity index (χ3v) is 6.10. The fraction of sp³-hybridized carbons (Fsp3) is 0.190. The van der Waals surface area contributed by atoms with E-state index in [2.05, 4.69) is 27.9 Å². The lowest BCUT2D eigenvalue weighted by Gasteiger charge is -2.06. The largest absolute Gasteiger partial charge is 0.486 e. The summed E-state index contributed by atoms with van der Waals surface area (Å²) in [6.45, 7) is 3.53. The Morgan fingerprint density at radius 2 is 1.87 bits per heavy atom. The molecule has 2 amide bonds. The molecular weight excluding hydrogens is 535 g/mol. The lowest BCUT2D eigenvalue weighted by atomic mass is 10.1. The Balaban J connectivity index is 1.74. The van der Waals surface area contributed by atoms with Crippen molar-refractivity contribution >= 4 is 56.7 Å². The van der Waals surface area contributed by atoms with Crippen molar-refractivity contribution in [1.29, 1.82) is 0 Å². The Bertz CT molecular complexity index is 1120. The molecule has 0 aliphatic rings. The molecule has 3 rings (SSSR count). The summed E-state index contributed by atoms with van der Waals surface area (Å²) in [4.78, 5) is 36.8. The van der Waals surface area contributed by atoms with Crippen LogP contribution in [0, 0.1) is 10.5 Å². The van der Waals surface area contributed by atoms with Crippen LogP contribution < -0.4 is 15.8 Å². The molecule has 1 aromatic carbocycles. The van der Waals surface area contributed by atoms with Crippen LogP contribution in [0.15, 0.2) is 40.8 Å². The number of ether oxygens (including phenoxy) is 2. The van der Waals surface area contributed by atoms with E-state index in [9.17, 15) is 14.4 Å². The van der Waals surface area contributed by atoms with Gasteiger partial charge in [-0.1, -0.05) is 0 Å². The average molecular weight is 554 g/mol. The van der Waals surface area contributed by atoms with Gasteiger partial charge in [-0.3, -0.25) is 9.59 Å². The van der Waals surface area contributed by atoms with Crippen LogP contribution in [0.2, 0.25) is 0 Å². The molecular formula is C21H19IN2O6S. The molecule has 8 nitrogen and oxygen atoms in total. The molecule has 0 unspecified atom stereocenters. The number of carbonyl (C=O) groups is 3. The quantitative estimate of drug-likeness (QED) is 0.316. The molecule has 31 heavy (non-hydrogen) atoms. The van der Waals surface area contributed by atoms with Crippen molar-refractivity contribution in [3.63, 3.8) is 0 Å². The Labute approximate surface area is 195 Å². The molecule has 162 valence electrons. The van der Waals surface area contributed by atoms with Gasteiger partial charge in [-0.15, -0.1) is 11.3 Å². The van der Waals surface area contributed by atoms with E-state index in [1.54, 1.807) is 19.9 Å². The summed E-state index contributed by atoms with van der Waals surface area (Å²) in [6.07, 6.45) is 0. The van der Waals surface area contributed by atoms with Crippen LogP contribution in [-0.4, -0.2) is 24.4 Å². The summed E-state index contributed by atoms with van der Waals surface area (Å²) in [7, 11) is 0. The second-order valence-electron chi connectivity index (χ2n) is 6.31. The molecule has 0 spiro atoms. The van der Waals surface area contributed by atoms with Crippen LogP contribution in [-0.2, 0) is 11.3 Å². The van der Waals surface area contributed by atoms with Gasteiger partial charge in [-0.2, -0.15) is 0 Å². The fourth-order valence-corrected chi connectivity index (χ4v) is 4.11. The zero-order valence-electron chi connectivity index (χ0n) is 16.7. The van der Waals surface area contributed by atoms with E-state index in [4.69, 9.17) is 19.6 Å². The van der Waals surface area contributed by atoms with E-state index >= 15 is 0 Å². The minimum absolute atomic E-state index is 0.0303. The number of benzene rings is 1. The number of nitrogens with one attached hydrogen (secondary N) is 1. The molecule has 0 aliphatic carbocycles. The predicted octanol–water partition coefficient (Wildman–Crippen LogP) is 4.36. The molecule has 2 heterocycles. The van der Waals surface area contributed by atoms with Gasteiger partial charge in [0.2, 0.25) is 0 Å². The van der Waals surface area contributed by atoms with Gasteiger partial charge in [0, 0.05) is 3.57 Å². The summed E-state index contributed by atoms with van der Waals surface area (Å²) < 4.78 is 17.3. The first-order valence-corrected chi connectivity index (χ1v) is 11.1. The number of amides is 2. The number of carbonyl (C=O) groups excluding carboxylic acids is 3. The maximum Gasteiger partial charge on any atom is 0.341 e. The molecule has 0 saturated heterocycles. The molecule has 0 bridgehead atoms. The van der Waals surface area contributed by atoms with E-state index in [1.165, 1.54) is 6.07 Å². The first kappa shape index (κ1) is 22.8. The number of furan rings is 1. The minimum atomic E-state index is -0.693. The number of hydrogen-bond donors (Lipinski definition) is 2. The van der Waals surface area contributed by atoms with Crippen molar-refractivity contribution in [1.82, 2.24) is 0 Å². The van der Waals surface area contributed by atoms with Crippen LogP contribution in [0.3, 0.4) is 0 Å². The van der Waals surface area contributed by atoms with Crippen molar-refractivity contribution in [2.75, 3.05) is 11.9 Å². The minimum Gasteiger partial charge on any atom is -0.486 e. The normalized spacial score (nSPS) is 10.5. The lowest BCUT2D eigenvalue weighted by Crippen LogP contribution is -2.14. The summed E-state index contributed by atoms with van der Waals surface area (Å²) >= 11 is 3.11. The Morgan fingerprint density at radius 1 is 1.16 bits per heavy atom. The number of thiophene rings is 1. The number of anilines is 1. The molecule has 3 aromatic rings. The maximum absolute atomic E-state index is 12.7. The number of esters is 1. The smallest absolute Gasteiger partial charge is 0.341 e. The highest BCUT2D eigenvalue weighted by molar-refractivity contribution is 14.1. The van der Waals surface area contributed by atoms with E-state index in [1.807, 2.05) is 24.3 Å². The average Bonchev–Trinajstić information content (AvgIpc) is 3.32. The van der Waals surface area contributed by atoms with Crippen molar-refractivity contribution in [3.05, 3.63) is 67.5 Å². The first-order valence-electron chi connectivity index (χ1n) is 9.18. The predicted molar refractivity (Wildman–Crippen MR) is 124 cm³/mol. The van der Waals surface area contributed by atoms with Gasteiger partial charge in [-0.05, 0) is 78.4 Å². The summed E-state index contributed by atoms with van der Waals surface area (Å²) in [5, 5.41) is 2.78. The highest BCUT2D eigenvalue weighted by atomic mass is 127. The van der Waals surface area contributed by atoms with E-state index in [0.29, 0.717) is 17.1 Å². The SMILES string of the molecule is CCOC(=O)c1c(NC(=O)c2ccc(COc3ccc(I)cc3)o2)sc(C(N)=O)c1C. The zero-order valence-corrected chi connectivity index (χ0v) is 19.7. The van der Waals surface area contributed by atoms with Gasteiger partial charge in [0.05, 0.1) is 17.0 Å². The molecule has 0 atom stereocenters. The Hall–Kier alpha value is -2.86. The third kappa shape index (κ3) is 5.44. The van der Waals surface area contributed by atoms with Crippen LogP contribution in [0.4, 0.5) is 5.00 Å². The first-order chi connectivity index (χ1) is 14.8. The number of halogens is 1. The van der Waals surface area contributed by atoms with Crippen molar-refractivity contribution in [3.8, 4) is 5.75 Å². The maximum atomic E-state index is 12.7. The van der Waals surface area contributed by atoms with Gasteiger partial charge in [0.15, 0.2) is 5.76 Å². The molecule has 0 fully saturated rings. The monoisotopic (exact) mass is 554 g/mol. The molecule has 2 aromatic heterocycles. The fourth-order valence-electron chi connectivity index (χ4n) is 2.71. The van der Waals surface area contributed by atoms with Gasteiger partial charge in [-0.25, -0.2) is 4.79 Å². The molecule has 10 heteroatoms. The molecule has 3 N–H and O–H groups in total. The third-order valence-electron chi connectivity index (χ3n) is 4.16. The molecule has 0 radical (unpaired) electrons. The summed E-state index contributed by atoms with van der Waals surface area (Å²) in [6, 6.07) is 10.6. The number of hydrogen-bond acceptors (Lipinski definition) is 7. The van der Waals surface area contributed by atoms with Gasteiger partial charge in [0.1, 0.15) is 23.1 Å². The highest BCUT2D eigenvalue weighted by Crippen LogP contribution is 2.34. The van der Waals surface area contributed by atoms with Crippen molar-refractivity contribution in [2.45, 2.75) is 20.5 Å². The lowest BCUT2D eigenvalue weighted by molar-refractivity contribution is 0.0527. The van der Waals surface area contributed by atoms with Crippen LogP contribution >= 0.6 is 33.9 Å². The zero-order chi connectivity index (χ0) is 22.5. The van der Waals surface area contributed by atoms with Gasteiger partial charge < -0.3 is 24.9 Å². The second kappa shape index (κ2) is 9.96.